The minimum Gasteiger partial charge on any atom is -0.347 e. The summed E-state index contributed by atoms with van der Waals surface area (Å²) in [4.78, 5) is 40.2. The number of fused-ring (bicyclic) bond motifs is 1. The molecule has 2 aromatic carbocycles. The molecule has 0 aliphatic carbocycles. The van der Waals surface area contributed by atoms with Gasteiger partial charge in [0.1, 0.15) is 5.69 Å². The lowest BCUT2D eigenvalue weighted by molar-refractivity contribution is -0.138. The topological polar surface area (TPSA) is 88.1 Å². The monoisotopic (exact) mass is 505 g/mol. The van der Waals surface area contributed by atoms with E-state index in [0.717, 1.165) is 23.9 Å². The van der Waals surface area contributed by atoms with Crippen molar-refractivity contribution < 1.29 is 22.8 Å². The molecular weight excluding hydrogens is 483 g/mol. The highest BCUT2D eigenvalue weighted by Gasteiger charge is 2.38. The molecule has 1 saturated heterocycles. The van der Waals surface area contributed by atoms with Crippen molar-refractivity contribution in [3.8, 4) is 0 Å². The highest BCUT2D eigenvalue weighted by molar-refractivity contribution is 5.97. The molecule has 0 spiro atoms. The molecule has 188 valence electrons. The first-order valence-corrected chi connectivity index (χ1v) is 11.7. The van der Waals surface area contributed by atoms with Gasteiger partial charge in [-0.1, -0.05) is 30.3 Å². The van der Waals surface area contributed by atoms with Crippen LogP contribution in [0.25, 0.3) is 11.0 Å². The van der Waals surface area contributed by atoms with Gasteiger partial charge in [0.25, 0.3) is 11.8 Å². The van der Waals surface area contributed by atoms with Gasteiger partial charge in [-0.15, -0.1) is 0 Å². The number of amides is 2. The Bertz CT molecular complexity index is 1440. The summed E-state index contributed by atoms with van der Waals surface area (Å²) in [5.41, 5.74) is 0.854. The summed E-state index contributed by atoms with van der Waals surface area (Å²) in [7, 11) is 0. The smallest absolute Gasteiger partial charge is 0.347 e. The van der Waals surface area contributed by atoms with Gasteiger partial charge in [-0.05, 0) is 42.3 Å². The SMILES string of the molecule is O=C(N[C@@H]1CCN(C(=O)c2ccc3nccnc3c2)C[C@@H]1c1ccccc1)c1ncccc1C(F)(F)F. The van der Waals surface area contributed by atoms with Crippen molar-refractivity contribution >= 4 is 22.8 Å². The number of halogens is 3. The number of benzene rings is 2. The molecule has 0 radical (unpaired) electrons. The van der Waals surface area contributed by atoms with Crippen LogP contribution in [0.4, 0.5) is 13.2 Å². The Morgan fingerprint density at radius 1 is 0.892 bits per heavy atom. The van der Waals surface area contributed by atoms with E-state index in [4.69, 9.17) is 0 Å². The third-order valence-corrected chi connectivity index (χ3v) is 6.49. The van der Waals surface area contributed by atoms with Gasteiger partial charge in [0.2, 0.25) is 0 Å². The Balaban J connectivity index is 1.40. The number of hydrogen-bond acceptors (Lipinski definition) is 5. The average Bonchev–Trinajstić information content (AvgIpc) is 2.92. The Hall–Kier alpha value is -4.34. The number of rotatable bonds is 4. The van der Waals surface area contributed by atoms with Crippen LogP contribution in [0, 0.1) is 0 Å². The number of alkyl halides is 3. The number of likely N-dealkylation sites (tertiary alicyclic amines) is 1. The standard InChI is InChI=1S/C27H22F3N5O2/c28-27(29,30)20-7-4-11-33-24(20)25(36)34-21-10-14-35(16-19(21)17-5-2-1-3-6-17)26(37)18-8-9-22-23(15-18)32-13-12-31-22/h1-9,11-13,15,19,21H,10,14,16H2,(H,34,36)/t19-,21-/m1/s1. The molecule has 10 heteroatoms. The van der Waals surface area contributed by atoms with Gasteiger partial charge in [0, 0.05) is 49.2 Å². The average molecular weight is 506 g/mol. The number of hydrogen-bond donors (Lipinski definition) is 1. The lowest BCUT2D eigenvalue weighted by Gasteiger charge is -2.39. The van der Waals surface area contributed by atoms with Crippen molar-refractivity contribution in [3.05, 3.63) is 102 Å². The number of piperidine rings is 1. The number of nitrogens with one attached hydrogen (secondary N) is 1. The second-order valence-electron chi connectivity index (χ2n) is 8.79. The van der Waals surface area contributed by atoms with E-state index in [9.17, 15) is 22.8 Å². The molecule has 1 N–H and O–H groups in total. The van der Waals surface area contributed by atoms with Crippen LogP contribution in [0.15, 0.2) is 79.3 Å². The van der Waals surface area contributed by atoms with Crippen LogP contribution in [0.5, 0.6) is 0 Å². The third kappa shape index (κ3) is 5.13. The zero-order valence-corrected chi connectivity index (χ0v) is 19.5. The highest BCUT2D eigenvalue weighted by atomic mass is 19.4. The first kappa shape index (κ1) is 24.4. The first-order chi connectivity index (χ1) is 17.8. The molecule has 0 saturated carbocycles. The second kappa shape index (κ2) is 9.96. The fourth-order valence-electron chi connectivity index (χ4n) is 4.68. The van der Waals surface area contributed by atoms with Gasteiger partial charge in [-0.2, -0.15) is 13.2 Å². The molecule has 5 rings (SSSR count). The molecule has 2 aromatic heterocycles. The fraction of sp³-hybridized carbons (Fsp3) is 0.222. The molecule has 37 heavy (non-hydrogen) atoms. The van der Waals surface area contributed by atoms with Crippen molar-refractivity contribution in [1.82, 2.24) is 25.2 Å². The number of nitrogens with zero attached hydrogens (tertiary/aromatic N) is 4. The van der Waals surface area contributed by atoms with Gasteiger partial charge in [0.15, 0.2) is 0 Å². The summed E-state index contributed by atoms with van der Waals surface area (Å²) < 4.78 is 40.4. The van der Waals surface area contributed by atoms with Crippen molar-refractivity contribution in [1.29, 1.82) is 0 Å². The Labute approximate surface area is 210 Å². The van der Waals surface area contributed by atoms with Gasteiger partial charge < -0.3 is 10.2 Å². The minimum atomic E-state index is -4.71. The van der Waals surface area contributed by atoms with Crippen molar-refractivity contribution in [2.75, 3.05) is 13.1 Å². The largest absolute Gasteiger partial charge is 0.418 e. The number of carbonyl (C=O) groups excluding carboxylic acids is 2. The van der Waals surface area contributed by atoms with E-state index in [2.05, 4.69) is 20.3 Å². The minimum absolute atomic E-state index is 0.192. The second-order valence-corrected chi connectivity index (χ2v) is 8.79. The molecule has 3 heterocycles. The van der Waals surface area contributed by atoms with Crippen molar-refractivity contribution in [3.63, 3.8) is 0 Å². The van der Waals surface area contributed by atoms with E-state index in [-0.39, 0.29) is 18.4 Å². The molecule has 0 bridgehead atoms. The molecular formula is C27H22F3N5O2. The molecule has 1 fully saturated rings. The molecule has 2 atom stereocenters. The van der Waals surface area contributed by atoms with E-state index in [1.54, 1.807) is 35.5 Å². The summed E-state index contributed by atoms with van der Waals surface area (Å²) in [6.07, 6.45) is -0.0512. The third-order valence-electron chi connectivity index (χ3n) is 6.49. The normalized spacial score (nSPS) is 18.0. The highest BCUT2D eigenvalue weighted by Crippen LogP contribution is 2.32. The van der Waals surface area contributed by atoms with E-state index in [1.165, 1.54) is 0 Å². The van der Waals surface area contributed by atoms with Gasteiger partial charge >= 0.3 is 6.18 Å². The van der Waals surface area contributed by atoms with Crippen molar-refractivity contribution in [2.45, 2.75) is 24.6 Å². The number of aromatic nitrogens is 3. The Kier molecular flexibility index (Phi) is 6.56. The molecule has 7 nitrogen and oxygen atoms in total. The van der Waals surface area contributed by atoms with Crippen molar-refractivity contribution in [2.24, 2.45) is 0 Å². The summed E-state index contributed by atoms with van der Waals surface area (Å²) in [6, 6.07) is 15.9. The van der Waals surface area contributed by atoms with Crippen LogP contribution in [-0.2, 0) is 6.18 Å². The summed E-state index contributed by atoms with van der Waals surface area (Å²) in [5.74, 6) is -1.42. The van der Waals surface area contributed by atoms with Crippen LogP contribution in [0.2, 0.25) is 0 Å². The van der Waals surface area contributed by atoms with Crippen LogP contribution in [0.1, 0.15) is 44.3 Å². The van der Waals surface area contributed by atoms with Gasteiger partial charge in [-0.3, -0.25) is 24.5 Å². The van der Waals surface area contributed by atoms with Crippen LogP contribution in [-0.4, -0.2) is 50.8 Å². The van der Waals surface area contributed by atoms with Crippen LogP contribution in [0.3, 0.4) is 0 Å². The number of carbonyl (C=O) groups is 2. The molecule has 1 aliphatic rings. The quantitative estimate of drug-likeness (QED) is 0.442. The molecule has 0 unspecified atom stereocenters. The Morgan fingerprint density at radius 3 is 2.41 bits per heavy atom. The molecule has 2 amide bonds. The zero-order valence-electron chi connectivity index (χ0n) is 19.5. The lowest BCUT2D eigenvalue weighted by atomic mass is 9.85. The van der Waals surface area contributed by atoms with Gasteiger partial charge in [0.05, 0.1) is 16.6 Å². The number of pyridine rings is 1. The van der Waals surface area contributed by atoms with E-state index in [0.29, 0.717) is 29.6 Å². The maximum atomic E-state index is 13.5. The summed E-state index contributed by atoms with van der Waals surface area (Å²) in [5, 5.41) is 2.76. The Morgan fingerprint density at radius 2 is 1.65 bits per heavy atom. The van der Waals surface area contributed by atoms with Crippen LogP contribution < -0.4 is 5.32 Å². The summed E-state index contributed by atoms with van der Waals surface area (Å²) >= 11 is 0. The van der Waals surface area contributed by atoms with Crippen LogP contribution >= 0.6 is 0 Å². The lowest BCUT2D eigenvalue weighted by Crippen LogP contribution is -2.51. The predicted octanol–water partition coefficient (Wildman–Crippen LogP) is 4.47. The maximum absolute atomic E-state index is 13.5. The fourth-order valence-corrected chi connectivity index (χ4v) is 4.68. The van der Waals surface area contributed by atoms with E-state index >= 15 is 0 Å². The predicted molar refractivity (Wildman–Crippen MR) is 130 cm³/mol. The molecule has 4 aromatic rings. The van der Waals surface area contributed by atoms with Gasteiger partial charge in [-0.25, -0.2) is 0 Å². The zero-order chi connectivity index (χ0) is 26.0. The van der Waals surface area contributed by atoms with E-state index < -0.39 is 29.4 Å². The maximum Gasteiger partial charge on any atom is 0.418 e. The van der Waals surface area contributed by atoms with E-state index in [1.807, 2.05) is 30.3 Å². The molecule has 1 aliphatic heterocycles. The first-order valence-electron chi connectivity index (χ1n) is 11.7. The summed E-state index contributed by atoms with van der Waals surface area (Å²) in [6.45, 7) is 0.598.